The van der Waals surface area contributed by atoms with Crippen LogP contribution in [-0.2, 0) is 30.9 Å². The van der Waals surface area contributed by atoms with Gasteiger partial charge in [-0.3, -0.25) is 9.48 Å². The van der Waals surface area contributed by atoms with Gasteiger partial charge in [-0.15, -0.1) is 0 Å². The first-order valence-electron chi connectivity index (χ1n) is 13.7. The van der Waals surface area contributed by atoms with E-state index in [0.29, 0.717) is 36.8 Å². The van der Waals surface area contributed by atoms with E-state index < -0.39 is 56.3 Å². The zero-order valence-corrected chi connectivity index (χ0v) is 26.1. The monoisotopic (exact) mass is 701 g/mol. The molecule has 0 bridgehead atoms. The molecule has 6 rings (SSSR count). The van der Waals surface area contributed by atoms with Gasteiger partial charge in [0.1, 0.15) is 10.7 Å². The summed E-state index contributed by atoms with van der Waals surface area (Å²) in [6, 6.07) is 0.271. The minimum atomic E-state index is -10.5. The number of hydrogen-bond acceptors (Lipinski definition) is 8. The number of methoxy groups -OCH3 is 1. The number of halogens is 8. The highest BCUT2D eigenvalue weighted by atomic mass is 35.5. The lowest BCUT2D eigenvalue weighted by Gasteiger charge is -2.43. The van der Waals surface area contributed by atoms with Gasteiger partial charge in [0.15, 0.2) is 11.5 Å². The molecular formula is C26H27Cl2F6N7O3S. The fourth-order valence-electron chi connectivity index (χ4n) is 5.69. The second kappa shape index (κ2) is 10.2. The largest absolute Gasteiger partial charge is 0.467 e. The minimum Gasteiger partial charge on any atom is -0.467 e. The van der Waals surface area contributed by atoms with Gasteiger partial charge in [0.05, 0.1) is 53.5 Å². The quantitative estimate of drug-likeness (QED) is 0.220. The summed E-state index contributed by atoms with van der Waals surface area (Å²) >= 11 is 12.3. The van der Waals surface area contributed by atoms with Crippen LogP contribution in [0.15, 0.2) is 11.0 Å². The van der Waals surface area contributed by atoms with Crippen LogP contribution >= 0.6 is 33.4 Å². The van der Waals surface area contributed by atoms with E-state index in [9.17, 15) is 24.2 Å². The van der Waals surface area contributed by atoms with Crippen LogP contribution in [0.25, 0.3) is 0 Å². The molecule has 45 heavy (non-hydrogen) atoms. The van der Waals surface area contributed by atoms with Crippen LogP contribution in [0.3, 0.4) is 0 Å². The number of hydrogen-bond donors (Lipinski definition) is 1. The molecule has 1 atom stereocenters. The van der Waals surface area contributed by atoms with E-state index in [-0.39, 0.29) is 46.7 Å². The molecule has 19 heteroatoms. The molecule has 2 N–H and O–H groups in total. The lowest BCUT2D eigenvalue weighted by atomic mass is 9.98. The van der Waals surface area contributed by atoms with Crippen molar-refractivity contribution in [1.82, 2.24) is 24.6 Å². The van der Waals surface area contributed by atoms with Crippen LogP contribution < -0.4 is 15.4 Å². The van der Waals surface area contributed by atoms with Crippen LogP contribution in [0.4, 0.5) is 35.3 Å². The molecule has 1 unspecified atom stereocenters. The number of benzene rings is 1. The van der Waals surface area contributed by atoms with Crippen LogP contribution in [0, 0.1) is 5.82 Å². The van der Waals surface area contributed by atoms with Gasteiger partial charge in [0, 0.05) is 43.7 Å². The van der Waals surface area contributed by atoms with Gasteiger partial charge in [-0.05, 0) is 25.3 Å². The van der Waals surface area contributed by atoms with E-state index >= 15 is 4.39 Å². The Morgan fingerprint density at radius 2 is 1.89 bits per heavy atom. The summed E-state index contributed by atoms with van der Waals surface area (Å²) in [6.45, 7) is 0.511. The maximum atomic E-state index is 15.2. The van der Waals surface area contributed by atoms with Crippen molar-refractivity contribution in [2.75, 3.05) is 31.3 Å². The molecule has 1 aliphatic carbocycles. The average molecular weight is 703 g/mol. The molecule has 1 amide bonds. The van der Waals surface area contributed by atoms with Crippen molar-refractivity contribution < 1.29 is 38.1 Å². The number of anilines is 2. The second-order valence-electron chi connectivity index (χ2n) is 11.2. The van der Waals surface area contributed by atoms with E-state index in [1.165, 1.54) is 7.11 Å². The van der Waals surface area contributed by atoms with E-state index in [0.717, 1.165) is 12.8 Å². The molecular weight excluding hydrogens is 675 g/mol. The Morgan fingerprint density at radius 3 is 2.53 bits per heavy atom. The molecule has 4 heterocycles. The summed E-state index contributed by atoms with van der Waals surface area (Å²) < 4.78 is 98.4. The summed E-state index contributed by atoms with van der Waals surface area (Å²) in [6.07, 6.45) is -0.0755. The third kappa shape index (κ3) is 5.83. The third-order valence-electron chi connectivity index (χ3n) is 8.03. The molecule has 1 fully saturated rings. The van der Waals surface area contributed by atoms with Crippen molar-refractivity contribution >= 4 is 50.8 Å². The van der Waals surface area contributed by atoms with Gasteiger partial charge in [-0.2, -0.15) is 15.1 Å². The molecule has 246 valence electrons. The first-order valence-corrected chi connectivity index (χ1v) is 16.4. The van der Waals surface area contributed by atoms with Crippen LogP contribution in [-0.4, -0.2) is 57.3 Å². The van der Waals surface area contributed by atoms with Gasteiger partial charge in [0.2, 0.25) is 0 Å². The highest BCUT2D eigenvalue weighted by molar-refractivity contribution is 8.45. The summed E-state index contributed by atoms with van der Waals surface area (Å²) in [4.78, 5) is 22.6. The number of ether oxygens (including phenoxy) is 2. The number of rotatable bonds is 6. The first-order chi connectivity index (χ1) is 20.9. The molecule has 3 aliphatic rings. The number of amides is 1. The lowest BCUT2D eigenvalue weighted by molar-refractivity contribution is 0.0212. The molecule has 1 saturated carbocycles. The van der Waals surface area contributed by atoms with Crippen molar-refractivity contribution in [2.45, 2.75) is 62.4 Å². The molecule has 2 aliphatic heterocycles. The number of aromatic nitrogens is 4. The predicted molar refractivity (Wildman–Crippen MR) is 155 cm³/mol. The maximum absolute atomic E-state index is 15.2. The van der Waals surface area contributed by atoms with Crippen molar-refractivity contribution in [3.8, 4) is 6.01 Å². The Labute approximate surface area is 263 Å². The van der Waals surface area contributed by atoms with E-state index in [2.05, 4.69) is 15.1 Å². The van der Waals surface area contributed by atoms with Gasteiger partial charge in [-0.1, -0.05) is 42.6 Å². The number of carbonyl (C=O) groups excluding carboxylic acids is 1. The average Bonchev–Trinajstić information content (AvgIpc) is 3.78. The molecule has 0 radical (unpaired) electrons. The standard InChI is InChI=1S/C26H27Cl2F6N7O3S/c1-39(12-4-5-12)25(42)22-20(28)17-10-40(6-3-7-41(17)38-22)24-13-11-44-18(9-16(13)36-26(37-24)43-2)19-21(29)15(35)8-14(27)23(19)45(30,31,32,33)34/h8,12,18H,3-7,9-11,35H2,1-2H3. The highest BCUT2D eigenvalue weighted by Crippen LogP contribution is 3.03. The summed E-state index contributed by atoms with van der Waals surface area (Å²) in [7, 11) is -7.56. The maximum Gasteiger partial charge on any atom is 0.318 e. The number of fused-ring (bicyclic) bond motifs is 2. The van der Waals surface area contributed by atoms with Crippen molar-refractivity contribution in [2.24, 2.45) is 0 Å². The number of aryl methyl sites for hydroxylation is 1. The topological polar surface area (TPSA) is 112 Å². The Balaban J connectivity index is 1.38. The van der Waals surface area contributed by atoms with Gasteiger partial charge >= 0.3 is 16.2 Å². The molecule has 0 spiro atoms. The summed E-state index contributed by atoms with van der Waals surface area (Å²) in [5.41, 5.74) is 4.23. The van der Waals surface area contributed by atoms with Gasteiger partial charge in [-0.25, -0.2) is 4.39 Å². The predicted octanol–water partition coefficient (Wildman–Crippen LogP) is 6.83. The smallest absolute Gasteiger partial charge is 0.318 e. The molecule has 3 aromatic rings. The van der Waals surface area contributed by atoms with Gasteiger partial charge in [0.25, 0.3) is 5.91 Å². The van der Waals surface area contributed by atoms with Gasteiger partial charge < -0.3 is 25.0 Å². The van der Waals surface area contributed by atoms with Crippen LogP contribution in [0.2, 0.25) is 10.0 Å². The SMILES string of the molecule is COc1nc2c(c(N3CCCn4nc(C(=O)N(C)C5CC5)c(Cl)c4C3)n1)COC(c1c(F)c(N)cc(Cl)c1S(F)(F)(F)(F)F)C2. The summed E-state index contributed by atoms with van der Waals surface area (Å²) in [5.74, 6) is -1.73. The number of nitrogens with two attached hydrogens (primary N) is 1. The van der Waals surface area contributed by atoms with E-state index in [1.54, 1.807) is 21.5 Å². The summed E-state index contributed by atoms with van der Waals surface area (Å²) in [5, 5.41) is 3.21. The van der Waals surface area contributed by atoms with E-state index in [1.807, 2.05) is 0 Å². The molecule has 0 saturated heterocycles. The fourth-order valence-corrected chi connectivity index (χ4v) is 7.69. The fraction of sp³-hybridized carbons (Fsp3) is 0.462. The van der Waals surface area contributed by atoms with Crippen LogP contribution in [0.1, 0.15) is 58.4 Å². The zero-order valence-electron chi connectivity index (χ0n) is 23.8. The van der Waals surface area contributed by atoms with Crippen molar-refractivity contribution in [1.29, 1.82) is 0 Å². The zero-order chi connectivity index (χ0) is 32.7. The Bertz CT molecular complexity index is 1740. The number of carbonyl (C=O) groups is 1. The lowest BCUT2D eigenvalue weighted by Crippen LogP contribution is -2.30. The Morgan fingerprint density at radius 1 is 1.18 bits per heavy atom. The molecule has 10 nitrogen and oxygen atoms in total. The Hall–Kier alpha value is -3.15. The second-order valence-corrected chi connectivity index (χ2v) is 14.3. The van der Waals surface area contributed by atoms with E-state index in [4.69, 9.17) is 38.4 Å². The van der Waals surface area contributed by atoms with Crippen molar-refractivity contribution in [3.63, 3.8) is 0 Å². The number of nitrogen functional groups attached to an aromatic ring is 1. The van der Waals surface area contributed by atoms with Crippen LogP contribution in [0.5, 0.6) is 6.01 Å². The molecule has 2 aromatic heterocycles. The number of nitrogens with zero attached hydrogens (tertiary/aromatic N) is 6. The highest BCUT2D eigenvalue weighted by Gasteiger charge is 2.68. The normalized spacial score (nSPS) is 20.0. The molecule has 1 aromatic carbocycles. The van der Waals surface area contributed by atoms with Crippen molar-refractivity contribution in [3.05, 3.63) is 50.1 Å². The minimum absolute atomic E-state index is 0.0879. The first kappa shape index (κ1) is 31.8. The third-order valence-corrected chi connectivity index (χ3v) is 10.0. The Kier molecular flexibility index (Phi) is 7.19.